The van der Waals surface area contributed by atoms with Gasteiger partial charge >= 0.3 is 0 Å². The Labute approximate surface area is 148 Å². The van der Waals surface area contributed by atoms with Gasteiger partial charge in [0.05, 0.1) is 13.1 Å². The molecule has 25 heavy (non-hydrogen) atoms. The second-order valence-electron chi connectivity index (χ2n) is 6.26. The van der Waals surface area contributed by atoms with Crippen LogP contribution in [0.2, 0.25) is 0 Å². The molecule has 1 aliphatic rings. The second-order valence-corrected chi connectivity index (χ2v) is 6.26. The third kappa shape index (κ3) is 5.38. The van der Waals surface area contributed by atoms with Gasteiger partial charge in [-0.25, -0.2) is 0 Å². The minimum atomic E-state index is -0.778. The maximum atomic E-state index is 12.6. The molecule has 4 N–H and O–H groups in total. The standard InChI is InChI=1S/C17H28N4O4/c1-4-6-12-11(3)10-21(14(23)8-18)15(12)17(25)20-9-13(22)16(24)19-7-5-2/h5,11-12,15H,2,4,6-10,18H2,1,3H3,(H,19,24)(H,20,25). The summed E-state index contributed by atoms with van der Waals surface area (Å²) in [6.07, 6.45) is 3.13. The molecule has 1 aliphatic heterocycles. The fraction of sp³-hybridized carbons (Fsp3) is 0.647. The fourth-order valence-electron chi connectivity index (χ4n) is 3.20. The molecule has 1 fully saturated rings. The van der Waals surface area contributed by atoms with Crippen LogP contribution in [0.1, 0.15) is 26.7 Å². The third-order valence-electron chi connectivity index (χ3n) is 4.43. The van der Waals surface area contributed by atoms with E-state index in [9.17, 15) is 19.2 Å². The molecule has 0 spiro atoms. The smallest absolute Gasteiger partial charge is 0.289 e. The van der Waals surface area contributed by atoms with Gasteiger partial charge in [-0.1, -0.05) is 26.3 Å². The molecule has 0 aromatic carbocycles. The van der Waals surface area contributed by atoms with Crippen molar-refractivity contribution in [3.63, 3.8) is 0 Å². The molecule has 0 saturated carbocycles. The molecule has 3 amide bonds. The van der Waals surface area contributed by atoms with Crippen LogP contribution >= 0.6 is 0 Å². The van der Waals surface area contributed by atoms with E-state index in [1.165, 1.54) is 11.0 Å². The summed E-state index contributed by atoms with van der Waals surface area (Å²) in [6.45, 7) is 7.52. The largest absolute Gasteiger partial charge is 0.347 e. The molecule has 8 nitrogen and oxygen atoms in total. The SMILES string of the molecule is C=CCNC(=O)C(=O)CNC(=O)C1C(CCC)C(C)CN1C(=O)CN. The van der Waals surface area contributed by atoms with Gasteiger partial charge < -0.3 is 21.3 Å². The van der Waals surface area contributed by atoms with E-state index in [1.54, 1.807) is 0 Å². The maximum Gasteiger partial charge on any atom is 0.289 e. The normalized spacial score (nSPS) is 22.4. The van der Waals surface area contributed by atoms with Gasteiger partial charge in [-0.05, 0) is 18.3 Å². The zero-order valence-electron chi connectivity index (χ0n) is 14.9. The number of Topliss-reactive ketones (excluding diaryl/α,β-unsaturated/α-hetero) is 1. The Morgan fingerprint density at radius 1 is 1.28 bits per heavy atom. The molecule has 1 heterocycles. The number of hydrogen-bond donors (Lipinski definition) is 3. The molecular formula is C17H28N4O4. The Morgan fingerprint density at radius 3 is 2.52 bits per heavy atom. The number of nitrogens with zero attached hydrogens (tertiary/aromatic N) is 1. The lowest BCUT2D eigenvalue weighted by Crippen LogP contribution is -2.51. The number of carbonyl (C=O) groups excluding carboxylic acids is 4. The average Bonchev–Trinajstić information content (AvgIpc) is 2.93. The number of ketones is 1. The van der Waals surface area contributed by atoms with Crippen molar-refractivity contribution in [2.24, 2.45) is 17.6 Å². The molecule has 1 saturated heterocycles. The zero-order valence-corrected chi connectivity index (χ0v) is 14.9. The summed E-state index contributed by atoms with van der Waals surface area (Å²) in [5.74, 6) is -2.07. The van der Waals surface area contributed by atoms with Crippen LogP contribution in [0, 0.1) is 11.8 Å². The maximum absolute atomic E-state index is 12.6. The first kappa shape index (κ1) is 20.8. The predicted molar refractivity (Wildman–Crippen MR) is 93.3 cm³/mol. The molecular weight excluding hydrogens is 324 g/mol. The van der Waals surface area contributed by atoms with Crippen molar-refractivity contribution in [3.05, 3.63) is 12.7 Å². The molecule has 0 aromatic rings. The summed E-state index contributed by atoms with van der Waals surface area (Å²) in [7, 11) is 0. The highest BCUT2D eigenvalue weighted by atomic mass is 16.2. The number of carbonyl (C=O) groups is 4. The van der Waals surface area contributed by atoms with Crippen molar-refractivity contribution in [2.45, 2.75) is 32.7 Å². The van der Waals surface area contributed by atoms with Crippen LogP contribution in [0.15, 0.2) is 12.7 Å². The van der Waals surface area contributed by atoms with Crippen molar-refractivity contribution >= 4 is 23.5 Å². The minimum Gasteiger partial charge on any atom is -0.347 e. The van der Waals surface area contributed by atoms with E-state index >= 15 is 0 Å². The van der Waals surface area contributed by atoms with Gasteiger partial charge in [0.15, 0.2) is 0 Å². The van der Waals surface area contributed by atoms with Gasteiger partial charge in [-0.3, -0.25) is 19.2 Å². The fourth-order valence-corrected chi connectivity index (χ4v) is 3.20. The first-order valence-corrected chi connectivity index (χ1v) is 8.56. The quantitative estimate of drug-likeness (QED) is 0.370. The third-order valence-corrected chi connectivity index (χ3v) is 4.43. The van der Waals surface area contributed by atoms with E-state index in [0.29, 0.717) is 6.54 Å². The molecule has 3 unspecified atom stereocenters. The summed E-state index contributed by atoms with van der Waals surface area (Å²) in [4.78, 5) is 49.4. The monoisotopic (exact) mass is 352 g/mol. The van der Waals surface area contributed by atoms with Gasteiger partial charge in [-0.15, -0.1) is 6.58 Å². The highest BCUT2D eigenvalue weighted by Gasteiger charge is 2.44. The summed E-state index contributed by atoms with van der Waals surface area (Å²) >= 11 is 0. The lowest BCUT2D eigenvalue weighted by Gasteiger charge is -2.27. The highest BCUT2D eigenvalue weighted by molar-refractivity contribution is 6.37. The molecule has 0 radical (unpaired) electrons. The Bertz CT molecular complexity index is 535. The summed E-state index contributed by atoms with van der Waals surface area (Å²) in [6, 6.07) is -0.657. The van der Waals surface area contributed by atoms with Crippen molar-refractivity contribution < 1.29 is 19.2 Å². The lowest BCUT2D eigenvalue weighted by atomic mass is 9.87. The first-order valence-electron chi connectivity index (χ1n) is 8.56. The Kier molecular flexibility index (Phi) is 8.27. The zero-order chi connectivity index (χ0) is 19.0. The predicted octanol–water partition coefficient (Wildman–Crippen LogP) is -0.804. The van der Waals surface area contributed by atoms with Crippen molar-refractivity contribution in [1.82, 2.24) is 15.5 Å². The first-order chi connectivity index (χ1) is 11.9. The molecule has 1 rings (SSSR count). The molecule has 3 atom stereocenters. The summed E-state index contributed by atoms with van der Waals surface area (Å²) < 4.78 is 0. The number of nitrogens with one attached hydrogen (secondary N) is 2. The Balaban J connectivity index is 2.76. The number of amides is 3. The lowest BCUT2D eigenvalue weighted by molar-refractivity contribution is -0.140. The minimum absolute atomic E-state index is 0.00481. The number of rotatable bonds is 9. The van der Waals surface area contributed by atoms with Crippen LogP contribution in [0.5, 0.6) is 0 Å². The van der Waals surface area contributed by atoms with Crippen LogP contribution in [-0.4, -0.2) is 60.6 Å². The van der Waals surface area contributed by atoms with E-state index in [-0.39, 0.29) is 30.8 Å². The number of nitrogens with two attached hydrogens (primary N) is 1. The second kappa shape index (κ2) is 9.93. The van der Waals surface area contributed by atoms with Crippen molar-refractivity contribution in [1.29, 1.82) is 0 Å². The van der Waals surface area contributed by atoms with Gasteiger partial charge in [0.1, 0.15) is 6.04 Å². The van der Waals surface area contributed by atoms with Crippen LogP contribution in [0.3, 0.4) is 0 Å². The van der Waals surface area contributed by atoms with Crippen LogP contribution in [0.4, 0.5) is 0 Å². The van der Waals surface area contributed by atoms with E-state index in [1.807, 2.05) is 13.8 Å². The number of hydrogen-bond acceptors (Lipinski definition) is 5. The Hall–Kier alpha value is -2.22. The van der Waals surface area contributed by atoms with Gasteiger partial charge in [-0.2, -0.15) is 0 Å². The average molecular weight is 352 g/mol. The molecule has 0 aromatic heterocycles. The van der Waals surface area contributed by atoms with E-state index < -0.39 is 30.2 Å². The van der Waals surface area contributed by atoms with Crippen molar-refractivity contribution in [3.8, 4) is 0 Å². The van der Waals surface area contributed by atoms with Crippen LogP contribution < -0.4 is 16.4 Å². The summed E-state index contributed by atoms with van der Waals surface area (Å²) in [5, 5.41) is 4.85. The van der Waals surface area contributed by atoms with E-state index in [2.05, 4.69) is 17.2 Å². The van der Waals surface area contributed by atoms with Gasteiger partial charge in [0, 0.05) is 13.1 Å². The van der Waals surface area contributed by atoms with Crippen LogP contribution in [-0.2, 0) is 19.2 Å². The Morgan fingerprint density at radius 2 is 1.96 bits per heavy atom. The van der Waals surface area contributed by atoms with Gasteiger partial charge in [0.25, 0.3) is 5.91 Å². The topological polar surface area (TPSA) is 122 Å². The van der Waals surface area contributed by atoms with Crippen LogP contribution in [0.25, 0.3) is 0 Å². The number of likely N-dealkylation sites (tertiary alicyclic amines) is 1. The molecule has 140 valence electrons. The molecule has 0 aliphatic carbocycles. The summed E-state index contributed by atoms with van der Waals surface area (Å²) in [5.41, 5.74) is 5.45. The van der Waals surface area contributed by atoms with E-state index in [4.69, 9.17) is 5.73 Å². The van der Waals surface area contributed by atoms with Gasteiger partial charge in [0.2, 0.25) is 17.6 Å². The van der Waals surface area contributed by atoms with Crippen molar-refractivity contribution in [2.75, 3.05) is 26.2 Å². The molecule has 8 heteroatoms. The van der Waals surface area contributed by atoms with E-state index in [0.717, 1.165) is 12.8 Å². The molecule has 0 bridgehead atoms. The highest BCUT2D eigenvalue weighted by Crippen LogP contribution is 2.33.